The minimum atomic E-state index is 0.600. The summed E-state index contributed by atoms with van der Waals surface area (Å²) in [6.45, 7) is 1.96. The molecule has 0 saturated carbocycles. The second-order valence-corrected chi connectivity index (χ2v) is 6.79. The molecule has 1 saturated heterocycles. The summed E-state index contributed by atoms with van der Waals surface area (Å²) in [7, 11) is 1.66. The van der Waals surface area contributed by atoms with Crippen molar-refractivity contribution in [2.24, 2.45) is 0 Å². The molecule has 0 spiro atoms. The Morgan fingerprint density at radius 1 is 1.04 bits per heavy atom. The summed E-state index contributed by atoms with van der Waals surface area (Å²) in [4.78, 5) is 16.4. The fourth-order valence-electron chi connectivity index (χ4n) is 3.68. The van der Waals surface area contributed by atoms with Gasteiger partial charge < -0.3 is 14.1 Å². The number of methoxy groups -OCH3 is 1. The molecular formula is C21H20N4O2. The summed E-state index contributed by atoms with van der Waals surface area (Å²) >= 11 is 0. The van der Waals surface area contributed by atoms with Gasteiger partial charge in [-0.25, -0.2) is 15.0 Å². The molecule has 0 atom stereocenters. The molecule has 1 aliphatic heterocycles. The maximum absolute atomic E-state index is 6.07. The van der Waals surface area contributed by atoms with E-state index in [2.05, 4.69) is 9.88 Å². The van der Waals surface area contributed by atoms with E-state index < -0.39 is 0 Å². The van der Waals surface area contributed by atoms with Gasteiger partial charge in [0.05, 0.1) is 12.5 Å². The Morgan fingerprint density at radius 3 is 2.78 bits per heavy atom. The van der Waals surface area contributed by atoms with Gasteiger partial charge in [-0.05, 0) is 43.5 Å². The third-order valence-electron chi connectivity index (χ3n) is 5.06. The standard InChI is InChI=1S/C21H20N4O2/c1-26-15-8-5-7-14(13-15)19-23-17-16-9-6-10-22-21(16)27-18(17)20(24-19)25-11-3-2-4-12-25/h5-10,13H,2-4,11-12H2,1H3. The van der Waals surface area contributed by atoms with E-state index in [1.807, 2.05) is 36.4 Å². The van der Waals surface area contributed by atoms with Gasteiger partial charge in [-0.1, -0.05) is 12.1 Å². The van der Waals surface area contributed by atoms with Gasteiger partial charge in [0.1, 0.15) is 11.3 Å². The number of pyridine rings is 1. The molecule has 4 heterocycles. The third-order valence-corrected chi connectivity index (χ3v) is 5.06. The van der Waals surface area contributed by atoms with Crippen LogP contribution in [0.25, 0.3) is 33.6 Å². The number of furan rings is 1. The zero-order chi connectivity index (χ0) is 18.2. The molecule has 1 aromatic carbocycles. The number of hydrogen-bond acceptors (Lipinski definition) is 6. The first-order chi connectivity index (χ1) is 13.3. The van der Waals surface area contributed by atoms with E-state index in [-0.39, 0.29) is 0 Å². The molecule has 1 fully saturated rings. The average molecular weight is 360 g/mol. The minimum absolute atomic E-state index is 0.600. The smallest absolute Gasteiger partial charge is 0.229 e. The Labute approximate surface area is 156 Å². The summed E-state index contributed by atoms with van der Waals surface area (Å²) in [5, 5.41) is 0.914. The van der Waals surface area contributed by atoms with Gasteiger partial charge in [0.2, 0.25) is 5.71 Å². The van der Waals surface area contributed by atoms with Crippen LogP contribution in [0.5, 0.6) is 5.75 Å². The van der Waals surface area contributed by atoms with Crippen LogP contribution >= 0.6 is 0 Å². The van der Waals surface area contributed by atoms with Crippen molar-refractivity contribution < 1.29 is 9.15 Å². The highest BCUT2D eigenvalue weighted by Gasteiger charge is 2.22. The van der Waals surface area contributed by atoms with E-state index >= 15 is 0 Å². The predicted octanol–water partition coefficient (Wildman–Crippen LogP) is 4.44. The van der Waals surface area contributed by atoms with Crippen LogP contribution in [-0.2, 0) is 0 Å². The number of rotatable bonds is 3. The van der Waals surface area contributed by atoms with E-state index in [0.717, 1.165) is 46.7 Å². The molecule has 1 aliphatic rings. The van der Waals surface area contributed by atoms with Crippen LogP contribution in [-0.4, -0.2) is 35.2 Å². The number of piperidine rings is 1. The quantitative estimate of drug-likeness (QED) is 0.538. The van der Waals surface area contributed by atoms with Gasteiger partial charge in [-0.3, -0.25) is 0 Å². The lowest BCUT2D eigenvalue weighted by Crippen LogP contribution is -2.30. The van der Waals surface area contributed by atoms with Crippen LogP contribution in [0.3, 0.4) is 0 Å². The van der Waals surface area contributed by atoms with E-state index in [1.165, 1.54) is 19.3 Å². The van der Waals surface area contributed by atoms with Crippen molar-refractivity contribution >= 4 is 28.0 Å². The van der Waals surface area contributed by atoms with E-state index in [0.29, 0.717) is 11.5 Å². The van der Waals surface area contributed by atoms with Crippen molar-refractivity contribution in [3.63, 3.8) is 0 Å². The highest BCUT2D eigenvalue weighted by atomic mass is 16.5. The number of fused-ring (bicyclic) bond motifs is 3. The van der Waals surface area contributed by atoms with Gasteiger partial charge in [0.25, 0.3) is 0 Å². The first-order valence-electron chi connectivity index (χ1n) is 9.28. The number of benzene rings is 1. The molecule has 0 unspecified atom stereocenters. The lowest BCUT2D eigenvalue weighted by Gasteiger charge is -2.27. The Balaban J connectivity index is 1.77. The number of hydrogen-bond donors (Lipinski definition) is 0. The molecule has 6 nitrogen and oxygen atoms in total. The van der Waals surface area contributed by atoms with Crippen molar-refractivity contribution in [2.45, 2.75) is 19.3 Å². The second kappa shape index (κ2) is 6.54. The molecule has 4 aromatic rings. The molecule has 5 rings (SSSR count). The molecule has 0 radical (unpaired) electrons. The zero-order valence-corrected chi connectivity index (χ0v) is 15.2. The summed E-state index contributed by atoms with van der Waals surface area (Å²) < 4.78 is 11.4. The van der Waals surface area contributed by atoms with E-state index in [1.54, 1.807) is 13.3 Å². The Kier molecular flexibility index (Phi) is 3.89. The van der Waals surface area contributed by atoms with Crippen LogP contribution < -0.4 is 9.64 Å². The van der Waals surface area contributed by atoms with Gasteiger partial charge in [0, 0.05) is 24.8 Å². The largest absolute Gasteiger partial charge is 0.497 e. The van der Waals surface area contributed by atoms with Crippen LogP contribution in [0.1, 0.15) is 19.3 Å². The third kappa shape index (κ3) is 2.77. The Morgan fingerprint density at radius 2 is 1.93 bits per heavy atom. The second-order valence-electron chi connectivity index (χ2n) is 6.79. The van der Waals surface area contributed by atoms with Gasteiger partial charge in [-0.15, -0.1) is 0 Å². The fourth-order valence-corrected chi connectivity index (χ4v) is 3.68. The average Bonchev–Trinajstić information content (AvgIpc) is 3.12. The van der Waals surface area contributed by atoms with Crippen LogP contribution in [0.4, 0.5) is 5.82 Å². The number of anilines is 1. The van der Waals surface area contributed by atoms with Gasteiger partial charge >= 0.3 is 0 Å². The minimum Gasteiger partial charge on any atom is -0.497 e. The van der Waals surface area contributed by atoms with Crippen molar-refractivity contribution in [3.05, 3.63) is 42.6 Å². The lowest BCUT2D eigenvalue weighted by atomic mass is 10.1. The molecule has 0 aliphatic carbocycles. The van der Waals surface area contributed by atoms with Crippen molar-refractivity contribution in [1.29, 1.82) is 0 Å². The predicted molar refractivity (Wildman–Crippen MR) is 105 cm³/mol. The molecule has 136 valence electrons. The van der Waals surface area contributed by atoms with Crippen molar-refractivity contribution in [2.75, 3.05) is 25.1 Å². The van der Waals surface area contributed by atoms with E-state index in [4.69, 9.17) is 19.1 Å². The summed E-state index contributed by atoms with van der Waals surface area (Å²) in [6, 6.07) is 11.7. The number of ether oxygens (including phenoxy) is 1. The summed E-state index contributed by atoms with van der Waals surface area (Å²) in [6.07, 6.45) is 5.33. The molecule has 3 aromatic heterocycles. The molecule has 27 heavy (non-hydrogen) atoms. The highest BCUT2D eigenvalue weighted by Crippen LogP contribution is 2.35. The van der Waals surface area contributed by atoms with Crippen molar-refractivity contribution in [1.82, 2.24) is 15.0 Å². The van der Waals surface area contributed by atoms with Crippen LogP contribution in [0, 0.1) is 0 Å². The van der Waals surface area contributed by atoms with Gasteiger partial charge in [-0.2, -0.15) is 0 Å². The normalized spacial score (nSPS) is 14.8. The molecule has 6 heteroatoms. The topological polar surface area (TPSA) is 64.3 Å². The molecule has 0 amide bonds. The highest BCUT2D eigenvalue weighted by molar-refractivity contribution is 6.05. The SMILES string of the molecule is COc1cccc(-c2nc(N3CCCCC3)c3oc4ncccc4c3n2)c1. The summed E-state index contributed by atoms with van der Waals surface area (Å²) in [5.74, 6) is 2.32. The molecule has 0 bridgehead atoms. The monoisotopic (exact) mass is 360 g/mol. The molecular weight excluding hydrogens is 340 g/mol. The Hall–Kier alpha value is -3.15. The number of aromatic nitrogens is 3. The van der Waals surface area contributed by atoms with Crippen molar-refractivity contribution in [3.8, 4) is 17.1 Å². The lowest BCUT2D eigenvalue weighted by molar-refractivity contribution is 0.415. The van der Waals surface area contributed by atoms with E-state index in [9.17, 15) is 0 Å². The maximum Gasteiger partial charge on any atom is 0.229 e. The van der Waals surface area contributed by atoms with Crippen LogP contribution in [0.2, 0.25) is 0 Å². The maximum atomic E-state index is 6.07. The van der Waals surface area contributed by atoms with Crippen LogP contribution in [0.15, 0.2) is 47.0 Å². The first kappa shape index (κ1) is 16.1. The zero-order valence-electron chi connectivity index (χ0n) is 15.2. The first-order valence-corrected chi connectivity index (χ1v) is 9.28. The summed E-state index contributed by atoms with van der Waals surface area (Å²) in [5.41, 5.74) is 3.05. The molecule has 0 N–H and O–H groups in total. The van der Waals surface area contributed by atoms with Gasteiger partial charge in [0.15, 0.2) is 17.2 Å². The number of nitrogens with zero attached hydrogens (tertiary/aromatic N) is 4. The Bertz CT molecular complexity index is 1120. The fraction of sp³-hybridized carbons (Fsp3) is 0.286.